The Hall–Kier alpha value is -1.39. The molecule has 19 heavy (non-hydrogen) atoms. The molecule has 1 aromatic carbocycles. The molecule has 0 amide bonds. The molecule has 0 saturated carbocycles. The summed E-state index contributed by atoms with van der Waals surface area (Å²) >= 11 is 0. The molecule has 0 radical (unpaired) electrons. The van der Waals surface area contributed by atoms with Crippen molar-refractivity contribution in [2.75, 3.05) is 13.2 Å². The number of nitrogens with zero attached hydrogens (tertiary/aromatic N) is 1. The first-order valence-electron chi connectivity index (χ1n) is 6.91. The molecule has 0 aliphatic rings. The Morgan fingerprint density at radius 3 is 2.47 bits per heavy atom. The molecule has 0 saturated heterocycles. The molecule has 4 nitrogen and oxygen atoms in total. The Balaban J connectivity index is 2.93. The fraction of sp³-hybridized carbons (Fsp3) is 0.533. The van der Waals surface area contributed by atoms with Crippen molar-refractivity contribution < 1.29 is 5.11 Å². The summed E-state index contributed by atoms with van der Waals surface area (Å²) in [4.78, 5) is 2.27. The van der Waals surface area contributed by atoms with Gasteiger partial charge in [0.15, 0.2) is 0 Å². The molecular formula is C15H25N3O. The van der Waals surface area contributed by atoms with E-state index < -0.39 is 0 Å². The molecule has 0 atom stereocenters. The molecule has 1 rings (SSSR count). The summed E-state index contributed by atoms with van der Waals surface area (Å²) in [6.45, 7) is 5.85. The number of benzene rings is 1. The molecule has 0 bridgehead atoms. The Labute approximate surface area is 115 Å². The van der Waals surface area contributed by atoms with Crippen LogP contribution in [0.15, 0.2) is 24.3 Å². The quantitative estimate of drug-likeness (QED) is 0.496. The molecule has 106 valence electrons. The van der Waals surface area contributed by atoms with Crippen molar-refractivity contribution in [3.8, 4) is 0 Å². The second-order valence-corrected chi connectivity index (χ2v) is 4.74. The maximum Gasteiger partial charge on any atom is 0.123 e. The van der Waals surface area contributed by atoms with E-state index in [2.05, 4.69) is 18.7 Å². The van der Waals surface area contributed by atoms with E-state index in [9.17, 15) is 5.11 Å². The lowest BCUT2D eigenvalue weighted by molar-refractivity contribution is 0.136. The van der Waals surface area contributed by atoms with Gasteiger partial charge >= 0.3 is 0 Å². The maximum absolute atomic E-state index is 9.22. The fourth-order valence-electron chi connectivity index (χ4n) is 2.46. The SMILES string of the molecule is CCC(CC)N(CCO)Cc1ccccc1C(=N)N. The predicted octanol–water partition coefficient (Wildman–Crippen LogP) is 1.95. The first-order valence-corrected chi connectivity index (χ1v) is 6.91. The Morgan fingerprint density at radius 2 is 1.95 bits per heavy atom. The second kappa shape index (κ2) is 7.92. The zero-order valence-electron chi connectivity index (χ0n) is 11.9. The third-order valence-electron chi connectivity index (χ3n) is 3.53. The van der Waals surface area contributed by atoms with Crippen molar-refractivity contribution in [2.24, 2.45) is 5.73 Å². The number of aliphatic hydroxyl groups excluding tert-OH is 1. The zero-order valence-corrected chi connectivity index (χ0v) is 11.9. The number of amidine groups is 1. The van der Waals surface area contributed by atoms with Crippen molar-refractivity contribution in [1.82, 2.24) is 4.90 Å². The maximum atomic E-state index is 9.22. The highest BCUT2D eigenvalue weighted by Gasteiger charge is 2.16. The van der Waals surface area contributed by atoms with Crippen LogP contribution in [0.1, 0.15) is 37.8 Å². The molecule has 1 aromatic rings. The van der Waals surface area contributed by atoms with E-state index in [1.54, 1.807) is 0 Å². The minimum atomic E-state index is 0.101. The van der Waals surface area contributed by atoms with Gasteiger partial charge in [0.25, 0.3) is 0 Å². The van der Waals surface area contributed by atoms with Crippen LogP contribution in [-0.2, 0) is 6.54 Å². The lowest BCUT2D eigenvalue weighted by Crippen LogP contribution is -2.36. The normalized spacial score (nSPS) is 11.2. The van der Waals surface area contributed by atoms with Crippen LogP contribution in [0.4, 0.5) is 0 Å². The van der Waals surface area contributed by atoms with Gasteiger partial charge in [-0.05, 0) is 18.4 Å². The van der Waals surface area contributed by atoms with Crippen molar-refractivity contribution >= 4 is 5.84 Å². The van der Waals surface area contributed by atoms with E-state index in [1.165, 1.54) is 0 Å². The molecule has 0 aliphatic carbocycles. The number of nitrogens with two attached hydrogens (primary N) is 1. The highest BCUT2D eigenvalue weighted by Crippen LogP contribution is 2.16. The van der Waals surface area contributed by atoms with Gasteiger partial charge in [0, 0.05) is 24.7 Å². The lowest BCUT2D eigenvalue weighted by atomic mass is 10.0. The van der Waals surface area contributed by atoms with Crippen molar-refractivity contribution in [2.45, 2.75) is 39.3 Å². The van der Waals surface area contributed by atoms with Crippen LogP contribution in [0, 0.1) is 5.41 Å². The standard InChI is InChI=1S/C15H25N3O/c1-3-13(4-2)18(9-10-19)11-12-7-5-6-8-14(12)15(16)17/h5-8,13,19H,3-4,9-11H2,1-2H3,(H3,16,17). The first-order chi connectivity index (χ1) is 9.13. The van der Waals surface area contributed by atoms with E-state index in [-0.39, 0.29) is 12.4 Å². The van der Waals surface area contributed by atoms with Crippen LogP contribution >= 0.6 is 0 Å². The highest BCUT2D eigenvalue weighted by molar-refractivity contribution is 5.96. The van der Waals surface area contributed by atoms with Gasteiger partial charge in [0.1, 0.15) is 5.84 Å². The Bertz CT molecular complexity index is 402. The van der Waals surface area contributed by atoms with Crippen molar-refractivity contribution in [3.63, 3.8) is 0 Å². The van der Waals surface area contributed by atoms with Gasteiger partial charge in [-0.15, -0.1) is 0 Å². The number of nitrogen functional groups attached to an aromatic ring is 1. The minimum absolute atomic E-state index is 0.101. The predicted molar refractivity (Wildman–Crippen MR) is 79.3 cm³/mol. The van der Waals surface area contributed by atoms with Gasteiger partial charge in [-0.3, -0.25) is 10.3 Å². The molecule has 0 unspecified atom stereocenters. The van der Waals surface area contributed by atoms with Gasteiger partial charge in [-0.2, -0.15) is 0 Å². The van der Waals surface area contributed by atoms with E-state index in [4.69, 9.17) is 11.1 Å². The van der Waals surface area contributed by atoms with Crippen molar-refractivity contribution in [1.29, 1.82) is 5.41 Å². The van der Waals surface area contributed by atoms with Crippen LogP contribution < -0.4 is 5.73 Å². The van der Waals surface area contributed by atoms with Crippen molar-refractivity contribution in [3.05, 3.63) is 35.4 Å². The summed E-state index contributed by atoms with van der Waals surface area (Å²) in [7, 11) is 0. The van der Waals surface area contributed by atoms with Gasteiger partial charge in [-0.25, -0.2) is 0 Å². The number of rotatable bonds is 8. The number of nitrogens with one attached hydrogen (secondary N) is 1. The van der Waals surface area contributed by atoms with Gasteiger partial charge in [0.05, 0.1) is 6.61 Å². The van der Waals surface area contributed by atoms with Crippen LogP contribution in [0.25, 0.3) is 0 Å². The molecule has 4 heteroatoms. The lowest BCUT2D eigenvalue weighted by Gasteiger charge is -2.30. The third kappa shape index (κ3) is 4.33. The van der Waals surface area contributed by atoms with E-state index in [0.717, 1.165) is 30.5 Å². The summed E-state index contributed by atoms with van der Waals surface area (Å²) in [6.07, 6.45) is 2.11. The van der Waals surface area contributed by atoms with Gasteiger partial charge in [0.2, 0.25) is 0 Å². The largest absolute Gasteiger partial charge is 0.395 e. The average molecular weight is 263 g/mol. The molecule has 4 N–H and O–H groups in total. The summed E-state index contributed by atoms with van der Waals surface area (Å²) < 4.78 is 0. The van der Waals surface area contributed by atoms with E-state index in [1.807, 2.05) is 24.3 Å². The van der Waals surface area contributed by atoms with Crippen LogP contribution in [-0.4, -0.2) is 35.0 Å². The molecule has 0 fully saturated rings. The fourth-order valence-corrected chi connectivity index (χ4v) is 2.46. The minimum Gasteiger partial charge on any atom is -0.395 e. The summed E-state index contributed by atoms with van der Waals surface area (Å²) in [5.41, 5.74) is 7.46. The molecule has 0 aromatic heterocycles. The van der Waals surface area contributed by atoms with Gasteiger partial charge in [-0.1, -0.05) is 38.1 Å². The Morgan fingerprint density at radius 1 is 1.32 bits per heavy atom. The summed E-state index contributed by atoms with van der Waals surface area (Å²) in [5.74, 6) is 0.101. The van der Waals surface area contributed by atoms with E-state index in [0.29, 0.717) is 12.6 Å². The third-order valence-corrected chi connectivity index (χ3v) is 3.53. The molecular weight excluding hydrogens is 238 g/mol. The molecule has 0 heterocycles. The summed E-state index contributed by atoms with van der Waals surface area (Å²) in [6, 6.07) is 8.19. The van der Waals surface area contributed by atoms with Crippen LogP contribution in [0.3, 0.4) is 0 Å². The first kappa shape index (κ1) is 15.7. The second-order valence-electron chi connectivity index (χ2n) is 4.74. The van der Waals surface area contributed by atoms with E-state index >= 15 is 0 Å². The van der Waals surface area contributed by atoms with Gasteiger partial charge < -0.3 is 10.8 Å². The number of hydrogen-bond acceptors (Lipinski definition) is 3. The van der Waals surface area contributed by atoms with Crippen LogP contribution in [0.5, 0.6) is 0 Å². The molecule has 0 spiro atoms. The molecule has 0 aliphatic heterocycles. The van der Waals surface area contributed by atoms with Crippen LogP contribution in [0.2, 0.25) is 0 Å². The number of hydrogen-bond donors (Lipinski definition) is 3. The average Bonchev–Trinajstić information content (AvgIpc) is 2.40. The monoisotopic (exact) mass is 263 g/mol. The Kier molecular flexibility index (Phi) is 6.53. The smallest absolute Gasteiger partial charge is 0.123 e. The number of aliphatic hydroxyl groups is 1. The highest BCUT2D eigenvalue weighted by atomic mass is 16.3. The summed E-state index contributed by atoms with van der Waals surface area (Å²) in [5, 5.41) is 16.9. The zero-order chi connectivity index (χ0) is 14.3. The topological polar surface area (TPSA) is 73.3 Å².